The van der Waals surface area contributed by atoms with E-state index >= 15 is 0 Å². The topological polar surface area (TPSA) is 32.7 Å². The second kappa shape index (κ2) is 5.32. The minimum atomic E-state index is -4.69. The molecule has 1 aliphatic rings. The van der Waals surface area contributed by atoms with Crippen LogP contribution in [0.15, 0.2) is 29.3 Å². The van der Waals surface area contributed by atoms with E-state index in [1.807, 2.05) is 0 Å². The number of hydrogen-bond acceptors (Lipinski definition) is 3. The third-order valence-electron chi connectivity index (χ3n) is 3.13. The Kier molecular flexibility index (Phi) is 4.01. The van der Waals surface area contributed by atoms with Gasteiger partial charge in [0.2, 0.25) is 0 Å². The van der Waals surface area contributed by atoms with Crippen molar-refractivity contribution < 1.29 is 22.4 Å². The number of thioether (sulfide) groups is 1. The lowest BCUT2D eigenvalue weighted by Crippen LogP contribution is -2.44. The third-order valence-corrected chi connectivity index (χ3v) is 4.44. The number of amides is 1. The van der Waals surface area contributed by atoms with Crippen LogP contribution in [0, 0.1) is 5.82 Å². The highest BCUT2D eigenvalue weighted by atomic mass is 32.2. The number of hydrogen-bond donors (Lipinski definition) is 0. The Morgan fingerprint density at radius 3 is 2.29 bits per heavy atom. The average Bonchev–Trinajstić information content (AvgIpc) is 2.69. The molecule has 1 amide bonds. The van der Waals surface area contributed by atoms with E-state index in [0.717, 1.165) is 6.92 Å². The summed E-state index contributed by atoms with van der Waals surface area (Å²) in [5, 5.41) is -0.0334. The summed E-state index contributed by atoms with van der Waals surface area (Å²) >= 11 is 0.367. The number of anilines is 1. The molecule has 0 radical (unpaired) electrons. The Balaban J connectivity index is 2.32. The molecule has 114 valence electrons. The van der Waals surface area contributed by atoms with E-state index in [1.165, 1.54) is 29.2 Å². The molecule has 0 N–H and O–H groups in total. The molecule has 1 unspecified atom stereocenters. The molecule has 0 spiro atoms. The van der Waals surface area contributed by atoms with Crippen molar-refractivity contribution >= 4 is 28.5 Å². The molecule has 0 saturated heterocycles. The monoisotopic (exact) mass is 320 g/mol. The molecule has 3 nitrogen and oxygen atoms in total. The van der Waals surface area contributed by atoms with Gasteiger partial charge in [-0.05, 0) is 38.1 Å². The van der Waals surface area contributed by atoms with E-state index in [-0.39, 0.29) is 5.17 Å². The molecule has 1 heterocycles. The van der Waals surface area contributed by atoms with Gasteiger partial charge in [-0.25, -0.2) is 4.39 Å². The molecule has 1 aromatic rings. The first kappa shape index (κ1) is 15.8. The molecule has 8 heteroatoms. The fourth-order valence-corrected chi connectivity index (χ4v) is 2.87. The predicted octanol–water partition coefficient (Wildman–Crippen LogP) is 3.60. The summed E-state index contributed by atoms with van der Waals surface area (Å²) in [6, 6.07) is 5.25. The van der Waals surface area contributed by atoms with E-state index in [2.05, 4.69) is 4.99 Å². The van der Waals surface area contributed by atoms with Gasteiger partial charge in [0, 0.05) is 12.2 Å². The van der Waals surface area contributed by atoms with Gasteiger partial charge >= 0.3 is 6.18 Å². The Labute approximate surface area is 123 Å². The van der Waals surface area contributed by atoms with Gasteiger partial charge in [0.1, 0.15) is 5.82 Å². The fraction of sp³-hybridized carbons (Fsp3) is 0.385. The van der Waals surface area contributed by atoms with Gasteiger partial charge < -0.3 is 4.90 Å². The van der Waals surface area contributed by atoms with Crippen LogP contribution in [0.1, 0.15) is 13.8 Å². The van der Waals surface area contributed by atoms with Crippen molar-refractivity contribution in [2.75, 3.05) is 11.4 Å². The highest BCUT2D eigenvalue weighted by Gasteiger charge is 2.61. The highest BCUT2D eigenvalue weighted by Crippen LogP contribution is 2.47. The first-order chi connectivity index (χ1) is 9.69. The van der Waals surface area contributed by atoms with Crippen molar-refractivity contribution in [3.05, 3.63) is 30.1 Å². The number of aliphatic imine (C=N–C) groups is 1. The summed E-state index contributed by atoms with van der Waals surface area (Å²) in [5.74, 6) is -1.68. The second-order valence-electron chi connectivity index (χ2n) is 4.55. The number of carbonyl (C=O) groups is 1. The number of nitrogens with zero attached hydrogens (tertiary/aromatic N) is 2. The van der Waals surface area contributed by atoms with Gasteiger partial charge in [0.25, 0.3) is 5.91 Å². The summed E-state index contributed by atoms with van der Waals surface area (Å²) in [4.78, 5) is 16.6. The quantitative estimate of drug-likeness (QED) is 0.781. The van der Waals surface area contributed by atoms with Crippen molar-refractivity contribution in [3.63, 3.8) is 0 Å². The summed E-state index contributed by atoms with van der Waals surface area (Å²) in [7, 11) is 0. The van der Waals surface area contributed by atoms with Crippen LogP contribution in [0.4, 0.5) is 23.2 Å². The second-order valence-corrected chi connectivity index (χ2v) is 5.94. The summed E-state index contributed by atoms with van der Waals surface area (Å²) in [5.41, 5.74) is 0.476. The summed E-state index contributed by atoms with van der Waals surface area (Å²) in [6.07, 6.45) is -4.69. The zero-order chi connectivity index (χ0) is 15.8. The lowest BCUT2D eigenvalue weighted by Gasteiger charge is -2.26. The van der Waals surface area contributed by atoms with E-state index in [9.17, 15) is 22.4 Å². The van der Waals surface area contributed by atoms with Crippen LogP contribution >= 0.6 is 11.8 Å². The molecule has 1 aliphatic heterocycles. The van der Waals surface area contributed by atoms with Crippen LogP contribution in [-0.2, 0) is 4.79 Å². The van der Waals surface area contributed by atoms with Gasteiger partial charge in [0.15, 0.2) is 9.91 Å². The largest absolute Gasteiger partial charge is 0.412 e. The van der Waals surface area contributed by atoms with Crippen LogP contribution in [0.3, 0.4) is 0 Å². The van der Waals surface area contributed by atoms with Gasteiger partial charge in [-0.3, -0.25) is 4.79 Å². The SMILES string of the molecule is CCN(C1=NC(=O)C(C)(C(F)(F)F)S1)c1ccc(F)cc1. The van der Waals surface area contributed by atoms with Gasteiger partial charge in [-0.2, -0.15) is 18.2 Å². The third kappa shape index (κ3) is 2.76. The zero-order valence-electron chi connectivity index (χ0n) is 11.2. The van der Waals surface area contributed by atoms with Crippen LogP contribution in [0.25, 0.3) is 0 Å². The van der Waals surface area contributed by atoms with Crippen LogP contribution in [0.2, 0.25) is 0 Å². The highest BCUT2D eigenvalue weighted by molar-refractivity contribution is 8.16. The summed E-state index contributed by atoms with van der Waals surface area (Å²) in [6.45, 7) is 2.83. The molecule has 0 saturated carbocycles. The molecule has 1 aromatic carbocycles. The Bertz CT molecular complexity index is 585. The Hall–Kier alpha value is -1.57. The minimum Gasteiger partial charge on any atom is -0.321 e. The predicted molar refractivity (Wildman–Crippen MR) is 73.9 cm³/mol. The smallest absolute Gasteiger partial charge is 0.321 e. The molecule has 1 atom stereocenters. The van der Waals surface area contributed by atoms with Gasteiger partial charge in [-0.15, -0.1) is 0 Å². The van der Waals surface area contributed by atoms with E-state index in [0.29, 0.717) is 24.0 Å². The maximum atomic E-state index is 13.0. The lowest BCUT2D eigenvalue weighted by atomic mass is 10.1. The van der Waals surface area contributed by atoms with E-state index in [4.69, 9.17) is 0 Å². The first-order valence-electron chi connectivity index (χ1n) is 6.11. The molecular formula is C13H12F4N2OS. The number of halogens is 4. The van der Waals surface area contributed by atoms with Crippen molar-refractivity contribution in [2.24, 2.45) is 4.99 Å². The number of rotatable bonds is 2. The Morgan fingerprint density at radius 2 is 1.86 bits per heavy atom. The average molecular weight is 320 g/mol. The van der Waals surface area contributed by atoms with E-state index < -0.39 is 22.6 Å². The fourth-order valence-electron chi connectivity index (χ4n) is 1.79. The molecule has 0 fully saturated rings. The maximum Gasteiger partial charge on any atom is 0.412 e. The molecular weight excluding hydrogens is 308 g/mol. The van der Waals surface area contributed by atoms with Crippen LogP contribution in [0.5, 0.6) is 0 Å². The first-order valence-corrected chi connectivity index (χ1v) is 6.92. The van der Waals surface area contributed by atoms with Gasteiger partial charge in [-0.1, -0.05) is 11.8 Å². The Morgan fingerprint density at radius 1 is 1.29 bits per heavy atom. The minimum absolute atomic E-state index is 0.0334. The summed E-state index contributed by atoms with van der Waals surface area (Å²) < 4.78 is 49.4. The molecule has 0 aliphatic carbocycles. The van der Waals surface area contributed by atoms with Crippen molar-refractivity contribution in [2.45, 2.75) is 24.8 Å². The van der Waals surface area contributed by atoms with Gasteiger partial charge in [0.05, 0.1) is 0 Å². The zero-order valence-corrected chi connectivity index (χ0v) is 12.1. The van der Waals surface area contributed by atoms with Crippen molar-refractivity contribution in [1.82, 2.24) is 0 Å². The molecule has 2 rings (SSSR count). The maximum absolute atomic E-state index is 13.0. The number of alkyl halides is 3. The molecule has 21 heavy (non-hydrogen) atoms. The number of benzene rings is 1. The normalized spacial score (nSPS) is 22.4. The van der Waals surface area contributed by atoms with E-state index in [1.54, 1.807) is 6.92 Å². The molecule has 0 bridgehead atoms. The standard InChI is InChI=1S/C13H12F4N2OS/c1-3-19(9-6-4-8(14)5-7-9)11-18-10(20)12(2,21-11)13(15,16)17/h4-7H,3H2,1-2H3. The lowest BCUT2D eigenvalue weighted by molar-refractivity contribution is -0.165. The van der Waals surface area contributed by atoms with Crippen molar-refractivity contribution in [1.29, 1.82) is 0 Å². The van der Waals surface area contributed by atoms with Crippen LogP contribution in [-0.4, -0.2) is 28.5 Å². The molecule has 0 aromatic heterocycles. The number of amidine groups is 1. The van der Waals surface area contributed by atoms with Crippen LogP contribution < -0.4 is 4.90 Å². The number of carbonyl (C=O) groups excluding carboxylic acids is 1. The van der Waals surface area contributed by atoms with Crippen molar-refractivity contribution in [3.8, 4) is 0 Å².